The highest BCUT2D eigenvalue weighted by atomic mass is 16.5. The first-order valence-corrected chi connectivity index (χ1v) is 18.1. The van der Waals surface area contributed by atoms with E-state index >= 15 is 0 Å². The topological polar surface area (TPSA) is 55.8 Å². The first-order valence-electron chi connectivity index (χ1n) is 18.1. The van der Waals surface area contributed by atoms with Crippen molar-refractivity contribution in [2.45, 2.75) is 125 Å². The smallest absolute Gasteiger partial charge is 0.331 e. The van der Waals surface area contributed by atoms with Gasteiger partial charge in [-0.3, -0.25) is 0 Å². The van der Waals surface area contributed by atoms with E-state index in [1.165, 1.54) is 83.0 Å². The van der Waals surface area contributed by atoms with Crippen molar-refractivity contribution in [2.24, 2.45) is 56.7 Å². The number of hydrogen-bond donors (Lipinski definition) is 1. The van der Waals surface area contributed by atoms with Crippen molar-refractivity contribution in [1.29, 1.82) is 0 Å². The van der Waals surface area contributed by atoms with Crippen LogP contribution in [-0.4, -0.2) is 24.3 Å². The number of aromatic hydroxyl groups is 1. The third kappa shape index (κ3) is 4.85. The Balaban J connectivity index is 1.14. The summed E-state index contributed by atoms with van der Waals surface area (Å²) in [5, 5.41) is 9.89. The second-order valence-corrected chi connectivity index (χ2v) is 17.5. The highest BCUT2D eigenvalue weighted by Crippen LogP contribution is 2.89. The molecule has 0 bridgehead atoms. The molecular formula is C41H60O4. The van der Waals surface area contributed by atoms with Crippen LogP contribution in [0.4, 0.5) is 0 Å². The fourth-order valence-corrected chi connectivity index (χ4v) is 12.5. The second-order valence-electron chi connectivity index (χ2n) is 17.5. The number of esters is 1. The van der Waals surface area contributed by atoms with Gasteiger partial charge < -0.3 is 14.6 Å². The van der Waals surface area contributed by atoms with E-state index in [0.717, 1.165) is 29.7 Å². The predicted molar refractivity (Wildman–Crippen MR) is 183 cm³/mol. The minimum atomic E-state index is -0.278. The SMILES string of the molecule is C=C(CC[C@@H](C)[C@H]1CC[C@@]2(C)[C@@H]3CC[C@H]4C(C)(C)C(OC(=O)/C=C/c5ccc(O)c(OC)c5)CC[C@@]45C[C@@]35CC[C@]12C)C(C)C. The number of methoxy groups -OCH3 is 1. The van der Waals surface area contributed by atoms with Gasteiger partial charge in [0.15, 0.2) is 11.5 Å². The molecule has 5 aliphatic carbocycles. The third-order valence-corrected chi connectivity index (χ3v) is 15.4. The van der Waals surface area contributed by atoms with Gasteiger partial charge in [-0.15, -0.1) is 0 Å². The van der Waals surface area contributed by atoms with Crippen LogP contribution in [0.25, 0.3) is 6.08 Å². The molecule has 1 aromatic carbocycles. The molecule has 0 amide bonds. The van der Waals surface area contributed by atoms with E-state index in [1.807, 2.05) is 0 Å². The number of benzene rings is 1. The molecule has 1 N–H and O–H groups in total. The summed E-state index contributed by atoms with van der Waals surface area (Å²) in [6.07, 6.45) is 17.5. The Labute approximate surface area is 273 Å². The lowest BCUT2D eigenvalue weighted by Crippen LogP contribution is -2.58. The van der Waals surface area contributed by atoms with Crippen molar-refractivity contribution < 1.29 is 19.4 Å². The molecule has 2 spiro atoms. The minimum absolute atomic E-state index is 0.0365. The minimum Gasteiger partial charge on any atom is -0.504 e. The molecule has 248 valence electrons. The molecule has 6 rings (SSSR count). The summed E-state index contributed by atoms with van der Waals surface area (Å²) in [6.45, 7) is 21.7. The fraction of sp³-hybridized carbons (Fsp3) is 0.732. The molecule has 5 saturated carbocycles. The molecule has 5 fully saturated rings. The molecule has 0 heterocycles. The van der Waals surface area contributed by atoms with Crippen LogP contribution in [0, 0.1) is 56.7 Å². The zero-order valence-corrected chi connectivity index (χ0v) is 29.5. The van der Waals surface area contributed by atoms with Gasteiger partial charge in [-0.05, 0) is 146 Å². The van der Waals surface area contributed by atoms with Crippen LogP contribution >= 0.6 is 0 Å². The number of allylic oxidation sites excluding steroid dienone is 1. The van der Waals surface area contributed by atoms with Crippen molar-refractivity contribution >= 4 is 12.0 Å². The standard InChI is InChI=1S/C41H60O4/c1-26(2)27(3)10-11-28(4)30-18-20-39(8)34-16-15-33-37(5,6)35(19-21-40(33)25-41(34,40)23-22-38(30,39)7)45-36(43)17-13-29-12-14-31(42)32(24-29)44-9/h12-14,17,24,26,28,30,33-35,42H,3,10-11,15-16,18-23,25H2,1-2,4-9H3/b17-13+/t28-,30-,33+,34+,35?,38-,39+,40-,41+/m1/s1. The number of fused-ring (bicyclic) bond motifs is 2. The quantitative estimate of drug-likeness (QED) is 0.170. The van der Waals surface area contributed by atoms with Crippen molar-refractivity contribution in [2.75, 3.05) is 7.11 Å². The van der Waals surface area contributed by atoms with Gasteiger partial charge in [-0.2, -0.15) is 0 Å². The lowest BCUT2D eigenvalue weighted by molar-refractivity contribution is -0.179. The predicted octanol–water partition coefficient (Wildman–Crippen LogP) is 10.4. The van der Waals surface area contributed by atoms with Crippen LogP contribution in [0.5, 0.6) is 11.5 Å². The highest BCUT2D eigenvalue weighted by molar-refractivity contribution is 5.87. The third-order valence-electron chi connectivity index (χ3n) is 15.4. The van der Waals surface area contributed by atoms with E-state index in [2.05, 4.69) is 55.0 Å². The summed E-state index contributed by atoms with van der Waals surface area (Å²) in [4.78, 5) is 13.1. The van der Waals surface area contributed by atoms with E-state index in [0.29, 0.717) is 39.2 Å². The normalized spacial score (nSPS) is 40.2. The van der Waals surface area contributed by atoms with E-state index in [9.17, 15) is 9.90 Å². The van der Waals surface area contributed by atoms with Gasteiger partial charge in [-0.25, -0.2) is 4.79 Å². The van der Waals surface area contributed by atoms with Gasteiger partial charge in [-0.1, -0.05) is 66.7 Å². The number of ether oxygens (including phenoxy) is 2. The van der Waals surface area contributed by atoms with Gasteiger partial charge in [0.2, 0.25) is 0 Å². The average molecular weight is 617 g/mol. The lowest BCUT2D eigenvalue weighted by Gasteiger charge is -2.63. The van der Waals surface area contributed by atoms with Gasteiger partial charge in [0.1, 0.15) is 6.10 Å². The molecule has 0 radical (unpaired) electrons. The first-order chi connectivity index (χ1) is 21.1. The summed E-state index contributed by atoms with van der Waals surface area (Å²) in [5.74, 6) is 3.84. The Morgan fingerprint density at radius 2 is 1.69 bits per heavy atom. The van der Waals surface area contributed by atoms with Gasteiger partial charge in [0.25, 0.3) is 0 Å². The molecule has 1 unspecified atom stereocenters. The maximum absolute atomic E-state index is 13.1. The van der Waals surface area contributed by atoms with Crippen molar-refractivity contribution in [3.8, 4) is 11.5 Å². The van der Waals surface area contributed by atoms with Crippen LogP contribution in [0.1, 0.15) is 125 Å². The van der Waals surface area contributed by atoms with E-state index in [4.69, 9.17) is 9.47 Å². The van der Waals surface area contributed by atoms with Crippen LogP contribution < -0.4 is 4.74 Å². The zero-order chi connectivity index (χ0) is 32.6. The number of hydrogen-bond acceptors (Lipinski definition) is 4. The largest absolute Gasteiger partial charge is 0.504 e. The highest BCUT2D eigenvalue weighted by Gasteiger charge is 2.82. The molecule has 1 aromatic rings. The average Bonchev–Trinajstić information content (AvgIpc) is 3.58. The Morgan fingerprint density at radius 3 is 2.40 bits per heavy atom. The van der Waals surface area contributed by atoms with Gasteiger partial charge in [0.05, 0.1) is 7.11 Å². The number of carbonyl (C=O) groups excluding carboxylic acids is 1. The Hall–Kier alpha value is -2.23. The second kappa shape index (κ2) is 11.2. The molecule has 0 saturated heterocycles. The molecule has 4 heteroatoms. The van der Waals surface area contributed by atoms with Crippen LogP contribution in [0.3, 0.4) is 0 Å². The van der Waals surface area contributed by atoms with E-state index in [1.54, 1.807) is 24.3 Å². The Morgan fingerprint density at radius 1 is 0.978 bits per heavy atom. The summed E-state index contributed by atoms with van der Waals surface area (Å²) in [5.41, 5.74) is 3.99. The summed E-state index contributed by atoms with van der Waals surface area (Å²) in [6, 6.07) is 5.08. The van der Waals surface area contributed by atoms with Crippen molar-refractivity contribution in [1.82, 2.24) is 0 Å². The van der Waals surface area contributed by atoms with Crippen LogP contribution in [0.2, 0.25) is 0 Å². The molecule has 5 aliphatic rings. The Kier molecular flexibility index (Phi) is 8.13. The number of phenolic OH excluding ortho intramolecular Hbond substituents is 1. The molecule has 9 atom stereocenters. The summed E-state index contributed by atoms with van der Waals surface area (Å²) >= 11 is 0. The molecule has 4 nitrogen and oxygen atoms in total. The maximum atomic E-state index is 13.1. The van der Waals surface area contributed by atoms with Crippen LogP contribution in [0.15, 0.2) is 36.4 Å². The van der Waals surface area contributed by atoms with Crippen molar-refractivity contribution in [3.05, 3.63) is 42.0 Å². The van der Waals surface area contributed by atoms with E-state index < -0.39 is 0 Å². The molecule has 45 heavy (non-hydrogen) atoms. The van der Waals surface area contributed by atoms with Crippen molar-refractivity contribution in [3.63, 3.8) is 0 Å². The molecule has 0 aromatic heterocycles. The number of phenols is 1. The summed E-state index contributed by atoms with van der Waals surface area (Å²) in [7, 11) is 1.52. The van der Waals surface area contributed by atoms with Gasteiger partial charge in [0, 0.05) is 11.5 Å². The molecule has 0 aliphatic heterocycles. The molecular weight excluding hydrogens is 556 g/mol. The number of rotatable bonds is 9. The monoisotopic (exact) mass is 616 g/mol. The first kappa shape index (κ1) is 32.7. The lowest BCUT2D eigenvalue weighted by atomic mass is 9.41. The Bertz CT molecular complexity index is 1360. The fourth-order valence-electron chi connectivity index (χ4n) is 12.5. The maximum Gasteiger partial charge on any atom is 0.331 e. The van der Waals surface area contributed by atoms with Crippen LogP contribution in [-0.2, 0) is 9.53 Å². The number of carbonyl (C=O) groups is 1. The zero-order valence-electron chi connectivity index (χ0n) is 29.5. The van der Waals surface area contributed by atoms with Gasteiger partial charge >= 0.3 is 5.97 Å². The summed E-state index contributed by atoms with van der Waals surface area (Å²) < 4.78 is 11.5. The van der Waals surface area contributed by atoms with E-state index in [-0.39, 0.29) is 23.2 Å².